The number of nitrogens with zero attached hydrogens (tertiary/aromatic N) is 1. The fraction of sp³-hybridized carbons (Fsp3) is 0.667. The standard InChI is InChI=1S/C18H25N3O2/c22-17(21-23)15-1-2-16(20-9-15)10-19-11-18-6-12-3-13(7-18)5-14(4-12)8-18/h1-2,9,12-14,19,23H,3-8,10-11H2,(H,21,22). The quantitative estimate of drug-likeness (QED) is 0.576. The molecule has 5 nitrogen and oxygen atoms in total. The first-order chi connectivity index (χ1) is 11.2. The average molecular weight is 315 g/mol. The Kier molecular flexibility index (Phi) is 3.85. The molecule has 5 rings (SSSR count). The number of pyridine rings is 1. The number of carbonyl (C=O) groups is 1. The summed E-state index contributed by atoms with van der Waals surface area (Å²) in [4.78, 5) is 15.6. The van der Waals surface area contributed by atoms with Crippen LogP contribution in [0.3, 0.4) is 0 Å². The summed E-state index contributed by atoms with van der Waals surface area (Å²) in [6.45, 7) is 1.83. The number of hydroxylamine groups is 1. The van der Waals surface area contributed by atoms with Crippen molar-refractivity contribution in [2.45, 2.75) is 45.1 Å². The molecule has 0 unspecified atom stereocenters. The van der Waals surface area contributed by atoms with E-state index in [2.05, 4.69) is 10.3 Å². The van der Waals surface area contributed by atoms with Crippen LogP contribution in [0.25, 0.3) is 0 Å². The lowest BCUT2D eigenvalue weighted by Crippen LogP contribution is -2.50. The molecule has 0 saturated heterocycles. The highest BCUT2D eigenvalue weighted by Gasteiger charge is 2.50. The van der Waals surface area contributed by atoms with Crippen LogP contribution in [0.15, 0.2) is 18.3 Å². The molecule has 0 aliphatic heterocycles. The molecule has 124 valence electrons. The van der Waals surface area contributed by atoms with Crippen LogP contribution in [0.2, 0.25) is 0 Å². The maximum absolute atomic E-state index is 11.3. The van der Waals surface area contributed by atoms with Crippen LogP contribution in [0.1, 0.15) is 54.6 Å². The van der Waals surface area contributed by atoms with Crippen LogP contribution >= 0.6 is 0 Å². The molecule has 1 aromatic rings. The molecule has 23 heavy (non-hydrogen) atoms. The third-order valence-corrected chi connectivity index (χ3v) is 6.16. The van der Waals surface area contributed by atoms with Crippen molar-refractivity contribution in [3.05, 3.63) is 29.6 Å². The van der Waals surface area contributed by atoms with Gasteiger partial charge in [0.2, 0.25) is 0 Å². The Labute approximate surface area is 136 Å². The van der Waals surface area contributed by atoms with E-state index >= 15 is 0 Å². The molecule has 0 atom stereocenters. The van der Waals surface area contributed by atoms with Gasteiger partial charge in [0.05, 0.1) is 11.3 Å². The summed E-state index contributed by atoms with van der Waals surface area (Å²) in [5.41, 5.74) is 3.46. The number of hydrogen-bond donors (Lipinski definition) is 3. The van der Waals surface area contributed by atoms with Crippen molar-refractivity contribution in [2.75, 3.05) is 6.54 Å². The average Bonchev–Trinajstić information content (AvgIpc) is 2.53. The predicted octanol–water partition coefficient (Wildman–Crippen LogP) is 2.51. The smallest absolute Gasteiger partial charge is 0.276 e. The lowest BCUT2D eigenvalue weighted by atomic mass is 9.49. The van der Waals surface area contributed by atoms with Gasteiger partial charge in [-0.15, -0.1) is 0 Å². The van der Waals surface area contributed by atoms with Crippen LogP contribution < -0.4 is 10.8 Å². The molecule has 0 radical (unpaired) electrons. The van der Waals surface area contributed by atoms with Crippen molar-refractivity contribution in [3.8, 4) is 0 Å². The first-order valence-electron chi connectivity index (χ1n) is 8.76. The Morgan fingerprint density at radius 1 is 1.17 bits per heavy atom. The molecule has 0 aromatic carbocycles. The van der Waals surface area contributed by atoms with Crippen molar-refractivity contribution in [1.29, 1.82) is 0 Å². The Morgan fingerprint density at radius 2 is 1.83 bits per heavy atom. The van der Waals surface area contributed by atoms with E-state index in [0.717, 1.165) is 36.5 Å². The molecule has 1 aromatic heterocycles. The summed E-state index contributed by atoms with van der Waals surface area (Å²) >= 11 is 0. The van der Waals surface area contributed by atoms with Gasteiger partial charge >= 0.3 is 0 Å². The zero-order valence-corrected chi connectivity index (χ0v) is 13.4. The van der Waals surface area contributed by atoms with Gasteiger partial charge in [0.15, 0.2) is 0 Å². The first-order valence-corrected chi connectivity index (χ1v) is 8.76. The molecule has 1 heterocycles. The lowest BCUT2D eigenvalue weighted by molar-refractivity contribution is -0.0514. The third-order valence-electron chi connectivity index (χ3n) is 6.16. The molecule has 4 fully saturated rings. The van der Waals surface area contributed by atoms with Gasteiger partial charge in [0.1, 0.15) is 0 Å². The van der Waals surface area contributed by atoms with E-state index in [-0.39, 0.29) is 0 Å². The summed E-state index contributed by atoms with van der Waals surface area (Å²) < 4.78 is 0. The Balaban J connectivity index is 1.33. The second-order valence-corrected chi connectivity index (χ2v) is 8.00. The van der Waals surface area contributed by atoms with E-state index in [1.807, 2.05) is 6.07 Å². The topological polar surface area (TPSA) is 74.2 Å². The molecular weight excluding hydrogens is 290 g/mol. The van der Waals surface area contributed by atoms with Gasteiger partial charge in [-0.2, -0.15) is 0 Å². The van der Waals surface area contributed by atoms with Crippen molar-refractivity contribution in [1.82, 2.24) is 15.8 Å². The van der Waals surface area contributed by atoms with Crippen molar-refractivity contribution < 1.29 is 10.0 Å². The van der Waals surface area contributed by atoms with Crippen molar-refractivity contribution >= 4 is 5.91 Å². The van der Waals surface area contributed by atoms with Crippen LogP contribution in [-0.2, 0) is 6.54 Å². The normalized spacial score (nSPS) is 34.6. The van der Waals surface area contributed by atoms with Gasteiger partial charge in [0.25, 0.3) is 5.91 Å². The SMILES string of the molecule is O=C(NO)c1ccc(CNCC23CC4CC(CC(C4)C2)C3)nc1. The Hall–Kier alpha value is -1.46. The zero-order valence-electron chi connectivity index (χ0n) is 13.4. The van der Waals surface area contributed by atoms with E-state index in [1.54, 1.807) is 11.5 Å². The van der Waals surface area contributed by atoms with E-state index in [1.165, 1.54) is 44.7 Å². The monoisotopic (exact) mass is 315 g/mol. The molecular formula is C18H25N3O2. The molecule has 5 heteroatoms. The number of aromatic nitrogens is 1. The zero-order chi connectivity index (χ0) is 15.9. The number of nitrogens with one attached hydrogen (secondary N) is 2. The summed E-state index contributed by atoms with van der Waals surface area (Å²) in [5.74, 6) is 2.43. The number of rotatable bonds is 5. The summed E-state index contributed by atoms with van der Waals surface area (Å²) in [5, 5.41) is 12.2. The van der Waals surface area contributed by atoms with E-state index in [9.17, 15) is 4.79 Å². The number of carbonyl (C=O) groups excluding carboxylic acids is 1. The van der Waals surface area contributed by atoms with Crippen molar-refractivity contribution in [3.63, 3.8) is 0 Å². The van der Waals surface area contributed by atoms with Crippen LogP contribution in [0.4, 0.5) is 0 Å². The minimum atomic E-state index is -0.523. The fourth-order valence-electron chi connectivity index (χ4n) is 5.69. The third kappa shape index (κ3) is 3.00. The van der Waals surface area contributed by atoms with Crippen LogP contribution in [0.5, 0.6) is 0 Å². The maximum Gasteiger partial charge on any atom is 0.276 e. The minimum absolute atomic E-state index is 0.373. The Morgan fingerprint density at radius 3 is 2.35 bits per heavy atom. The minimum Gasteiger partial charge on any atom is -0.311 e. The fourth-order valence-corrected chi connectivity index (χ4v) is 5.69. The van der Waals surface area contributed by atoms with E-state index in [0.29, 0.717) is 11.0 Å². The molecule has 0 spiro atoms. The Bertz CT molecular complexity index is 549. The van der Waals surface area contributed by atoms with Gasteiger partial charge < -0.3 is 5.32 Å². The van der Waals surface area contributed by atoms with Crippen LogP contribution in [0, 0.1) is 23.2 Å². The van der Waals surface area contributed by atoms with Gasteiger partial charge in [-0.05, 0) is 73.8 Å². The molecule has 4 saturated carbocycles. The highest BCUT2D eigenvalue weighted by atomic mass is 16.5. The second kappa shape index (κ2) is 5.87. The van der Waals surface area contributed by atoms with Crippen LogP contribution in [-0.4, -0.2) is 22.6 Å². The highest BCUT2D eigenvalue weighted by molar-refractivity contribution is 5.92. The summed E-state index contributed by atoms with van der Waals surface area (Å²) in [7, 11) is 0. The largest absolute Gasteiger partial charge is 0.311 e. The summed E-state index contributed by atoms with van der Waals surface area (Å²) in [6.07, 6.45) is 10.2. The van der Waals surface area contributed by atoms with Gasteiger partial charge in [-0.3, -0.25) is 15.0 Å². The highest BCUT2D eigenvalue weighted by Crippen LogP contribution is 2.59. The van der Waals surface area contributed by atoms with E-state index in [4.69, 9.17) is 5.21 Å². The molecule has 1 amide bonds. The first kappa shape index (κ1) is 15.1. The maximum atomic E-state index is 11.3. The molecule has 3 N–H and O–H groups in total. The van der Waals surface area contributed by atoms with Gasteiger partial charge in [-0.1, -0.05) is 0 Å². The second-order valence-electron chi connectivity index (χ2n) is 8.00. The van der Waals surface area contributed by atoms with Gasteiger partial charge in [0, 0.05) is 19.3 Å². The molecule has 4 aliphatic rings. The number of hydrogen-bond acceptors (Lipinski definition) is 4. The lowest BCUT2D eigenvalue weighted by Gasteiger charge is -2.57. The molecule has 4 aliphatic carbocycles. The van der Waals surface area contributed by atoms with E-state index < -0.39 is 5.91 Å². The van der Waals surface area contributed by atoms with Gasteiger partial charge in [-0.25, -0.2) is 5.48 Å². The summed E-state index contributed by atoms with van der Waals surface area (Å²) in [6, 6.07) is 3.54. The van der Waals surface area contributed by atoms with Crippen molar-refractivity contribution in [2.24, 2.45) is 23.2 Å². The predicted molar refractivity (Wildman–Crippen MR) is 85.8 cm³/mol. The molecule has 4 bridgehead atoms. The number of amides is 1.